The van der Waals surface area contributed by atoms with Crippen LogP contribution in [0, 0.1) is 0 Å². The highest BCUT2D eigenvalue weighted by atomic mass is 35.5. The molecular weight excluding hydrogens is 268 g/mol. The van der Waals surface area contributed by atoms with Crippen LogP contribution in [0.25, 0.3) is 0 Å². The van der Waals surface area contributed by atoms with Gasteiger partial charge in [-0.25, -0.2) is 0 Å². The van der Waals surface area contributed by atoms with Crippen LogP contribution < -0.4 is 5.73 Å². The van der Waals surface area contributed by atoms with Gasteiger partial charge in [-0.05, 0) is 11.6 Å². The maximum atomic E-state index is 6.16. The highest BCUT2D eigenvalue weighted by molar-refractivity contribution is 7.80. The number of nitrogens with zero attached hydrogens (tertiary/aromatic N) is 1. The van der Waals surface area contributed by atoms with Gasteiger partial charge >= 0.3 is 0 Å². The van der Waals surface area contributed by atoms with Crippen molar-refractivity contribution in [1.82, 2.24) is 4.90 Å². The normalized spacial score (nSPS) is 10.8. The summed E-state index contributed by atoms with van der Waals surface area (Å²) < 4.78 is 5.11. The molecule has 0 aliphatic rings. The van der Waals surface area contributed by atoms with E-state index in [0.29, 0.717) is 18.0 Å². The minimum absolute atomic E-state index is 0.538. The van der Waals surface area contributed by atoms with E-state index in [9.17, 15) is 0 Å². The molecule has 0 spiro atoms. The predicted molar refractivity (Wildman–Crippen MR) is 80.0 cm³/mol. The molecule has 5 heteroatoms. The average Bonchev–Trinajstić information content (AvgIpc) is 2.35. The molecular formula is C13H19ClN2OS. The quantitative estimate of drug-likeness (QED) is 0.745. The van der Waals surface area contributed by atoms with Gasteiger partial charge in [-0.3, -0.25) is 4.90 Å². The van der Waals surface area contributed by atoms with Gasteiger partial charge in [0.25, 0.3) is 0 Å². The first-order valence-corrected chi connectivity index (χ1v) is 6.65. The standard InChI is InChI=1S/C13H19ClN2OS/c1-17-9-8-16(7-6-13(15)18)10-11-4-2-3-5-12(11)14/h2-5H,6-10H2,1H3,(H2,15,18). The van der Waals surface area contributed by atoms with Crippen molar-refractivity contribution in [3.8, 4) is 0 Å². The first-order chi connectivity index (χ1) is 8.63. The Balaban J connectivity index is 2.59. The molecule has 0 unspecified atom stereocenters. The second-order valence-corrected chi connectivity index (χ2v) is 5.01. The number of methoxy groups -OCH3 is 1. The number of hydrogen-bond acceptors (Lipinski definition) is 3. The van der Waals surface area contributed by atoms with Crippen molar-refractivity contribution in [3.63, 3.8) is 0 Å². The molecule has 1 aromatic carbocycles. The molecule has 0 aromatic heterocycles. The van der Waals surface area contributed by atoms with Gasteiger partial charge in [0, 0.05) is 38.2 Å². The molecule has 0 saturated carbocycles. The summed E-state index contributed by atoms with van der Waals surface area (Å²) in [5.41, 5.74) is 6.65. The van der Waals surface area contributed by atoms with Crippen molar-refractivity contribution in [2.45, 2.75) is 13.0 Å². The third kappa shape index (κ3) is 5.78. The SMILES string of the molecule is COCCN(CCC(N)=S)Cc1ccccc1Cl. The van der Waals surface area contributed by atoms with Crippen molar-refractivity contribution in [2.24, 2.45) is 5.73 Å². The van der Waals surface area contributed by atoms with E-state index < -0.39 is 0 Å². The molecule has 0 atom stereocenters. The Labute approximate surface area is 119 Å². The number of nitrogens with two attached hydrogens (primary N) is 1. The van der Waals surface area contributed by atoms with Crippen molar-refractivity contribution in [2.75, 3.05) is 26.8 Å². The molecule has 3 nitrogen and oxygen atoms in total. The summed E-state index contributed by atoms with van der Waals surface area (Å²) in [5, 5.41) is 0.787. The molecule has 0 fully saturated rings. The summed E-state index contributed by atoms with van der Waals surface area (Å²) >= 11 is 11.1. The Morgan fingerprint density at radius 2 is 2.11 bits per heavy atom. The molecule has 0 aliphatic heterocycles. The first-order valence-electron chi connectivity index (χ1n) is 5.86. The number of thiocarbonyl (C=S) groups is 1. The first kappa shape index (κ1) is 15.4. The minimum atomic E-state index is 0.538. The zero-order valence-electron chi connectivity index (χ0n) is 10.6. The predicted octanol–water partition coefficient (Wildman–Crippen LogP) is 2.46. The third-order valence-corrected chi connectivity index (χ3v) is 3.21. The van der Waals surface area contributed by atoms with Crippen LogP contribution in [-0.2, 0) is 11.3 Å². The van der Waals surface area contributed by atoms with Crippen molar-refractivity contribution < 1.29 is 4.74 Å². The van der Waals surface area contributed by atoms with E-state index in [-0.39, 0.29) is 0 Å². The second kappa shape index (κ2) is 8.43. The molecule has 100 valence electrons. The van der Waals surface area contributed by atoms with E-state index in [0.717, 1.165) is 30.2 Å². The largest absolute Gasteiger partial charge is 0.393 e. The lowest BCUT2D eigenvalue weighted by Crippen LogP contribution is -2.30. The molecule has 1 aromatic rings. The molecule has 0 amide bonds. The van der Waals surface area contributed by atoms with Crippen LogP contribution in [0.5, 0.6) is 0 Å². The van der Waals surface area contributed by atoms with Crippen LogP contribution in [0.1, 0.15) is 12.0 Å². The van der Waals surface area contributed by atoms with E-state index in [1.54, 1.807) is 7.11 Å². The van der Waals surface area contributed by atoms with Crippen molar-refractivity contribution >= 4 is 28.8 Å². The summed E-state index contributed by atoms with van der Waals surface area (Å²) in [7, 11) is 1.70. The fourth-order valence-electron chi connectivity index (χ4n) is 1.63. The van der Waals surface area contributed by atoms with Crippen LogP contribution in [0.15, 0.2) is 24.3 Å². The van der Waals surface area contributed by atoms with E-state index in [2.05, 4.69) is 4.90 Å². The van der Waals surface area contributed by atoms with Crippen molar-refractivity contribution in [1.29, 1.82) is 0 Å². The molecule has 2 N–H and O–H groups in total. The zero-order chi connectivity index (χ0) is 13.4. The Morgan fingerprint density at radius 1 is 1.39 bits per heavy atom. The maximum Gasteiger partial charge on any atom is 0.0740 e. The summed E-state index contributed by atoms with van der Waals surface area (Å²) in [4.78, 5) is 2.78. The van der Waals surface area contributed by atoms with Crippen molar-refractivity contribution in [3.05, 3.63) is 34.9 Å². The summed E-state index contributed by atoms with van der Waals surface area (Å²) in [6.07, 6.45) is 0.712. The number of ether oxygens (including phenoxy) is 1. The highest BCUT2D eigenvalue weighted by Gasteiger charge is 2.08. The van der Waals surface area contributed by atoms with Gasteiger partial charge in [-0.2, -0.15) is 0 Å². The monoisotopic (exact) mass is 286 g/mol. The lowest BCUT2D eigenvalue weighted by atomic mass is 10.2. The number of rotatable bonds is 8. The number of benzene rings is 1. The van der Waals surface area contributed by atoms with Gasteiger partial charge < -0.3 is 10.5 Å². The van der Waals surface area contributed by atoms with Crippen LogP contribution in [-0.4, -0.2) is 36.7 Å². The smallest absolute Gasteiger partial charge is 0.0740 e. The molecule has 18 heavy (non-hydrogen) atoms. The third-order valence-electron chi connectivity index (χ3n) is 2.64. The second-order valence-electron chi connectivity index (χ2n) is 4.08. The fraction of sp³-hybridized carbons (Fsp3) is 0.462. The van der Waals surface area contributed by atoms with Crippen LogP contribution in [0.4, 0.5) is 0 Å². The Hall–Kier alpha value is -0.680. The lowest BCUT2D eigenvalue weighted by Gasteiger charge is -2.22. The zero-order valence-corrected chi connectivity index (χ0v) is 12.1. The molecule has 0 radical (unpaired) electrons. The van der Waals surface area contributed by atoms with Gasteiger partial charge in [0.2, 0.25) is 0 Å². The Kier molecular flexibility index (Phi) is 7.20. The maximum absolute atomic E-state index is 6.16. The van der Waals surface area contributed by atoms with E-state index in [1.807, 2.05) is 24.3 Å². The van der Waals surface area contributed by atoms with Crippen LogP contribution in [0.2, 0.25) is 5.02 Å². The van der Waals surface area contributed by atoms with Gasteiger partial charge in [-0.15, -0.1) is 0 Å². The average molecular weight is 287 g/mol. The van der Waals surface area contributed by atoms with Gasteiger partial charge in [-0.1, -0.05) is 42.0 Å². The van der Waals surface area contributed by atoms with E-state index >= 15 is 0 Å². The molecule has 0 saturated heterocycles. The number of hydrogen-bond donors (Lipinski definition) is 1. The van der Waals surface area contributed by atoms with E-state index in [4.69, 9.17) is 34.3 Å². The lowest BCUT2D eigenvalue weighted by molar-refractivity contribution is 0.146. The van der Waals surface area contributed by atoms with Crippen LogP contribution in [0.3, 0.4) is 0 Å². The summed E-state index contributed by atoms with van der Waals surface area (Å²) in [5.74, 6) is 0. The summed E-state index contributed by atoms with van der Waals surface area (Å²) in [6.45, 7) is 3.13. The van der Waals surface area contributed by atoms with Gasteiger partial charge in [0.15, 0.2) is 0 Å². The fourth-order valence-corrected chi connectivity index (χ4v) is 1.91. The Bertz CT molecular complexity index is 387. The Morgan fingerprint density at radius 3 is 2.72 bits per heavy atom. The topological polar surface area (TPSA) is 38.5 Å². The highest BCUT2D eigenvalue weighted by Crippen LogP contribution is 2.17. The molecule has 0 heterocycles. The molecule has 0 bridgehead atoms. The molecule has 0 aliphatic carbocycles. The van der Waals surface area contributed by atoms with Gasteiger partial charge in [0.05, 0.1) is 11.6 Å². The van der Waals surface area contributed by atoms with Crippen LogP contribution >= 0.6 is 23.8 Å². The molecule has 1 rings (SSSR count). The van der Waals surface area contributed by atoms with Gasteiger partial charge in [0.1, 0.15) is 0 Å². The summed E-state index contributed by atoms with van der Waals surface area (Å²) in [6, 6.07) is 7.85. The number of halogens is 1. The minimum Gasteiger partial charge on any atom is -0.393 e. The van der Waals surface area contributed by atoms with E-state index in [1.165, 1.54) is 0 Å².